The topological polar surface area (TPSA) is 115 Å². The van der Waals surface area contributed by atoms with Crippen molar-refractivity contribution in [2.75, 3.05) is 11.1 Å². The monoisotopic (exact) mass is 438 g/mol. The van der Waals surface area contributed by atoms with Gasteiger partial charge in [-0.3, -0.25) is 9.59 Å². The first-order valence-electron chi connectivity index (χ1n) is 10.4. The first kappa shape index (κ1) is 20.4. The quantitative estimate of drug-likeness (QED) is 0.421. The summed E-state index contributed by atoms with van der Waals surface area (Å²) in [5, 5.41) is 6.44. The van der Waals surface area contributed by atoms with Crippen LogP contribution in [0, 0.1) is 0 Å². The van der Waals surface area contributed by atoms with Gasteiger partial charge >= 0.3 is 0 Å². The molecular formula is C25H22N6O2. The van der Waals surface area contributed by atoms with Gasteiger partial charge in [0.05, 0.1) is 11.1 Å². The average Bonchev–Trinajstić information content (AvgIpc) is 3.32. The fraction of sp³-hybridized carbons (Fsp3) is 0.120. The number of anilines is 2. The molecule has 5 rings (SSSR count). The van der Waals surface area contributed by atoms with E-state index in [2.05, 4.69) is 27.2 Å². The lowest BCUT2D eigenvalue weighted by molar-refractivity contribution is -0.112. The zero-order valence-electron chi connectivity index (χ0n) is 18.3. The van der Waals surface area contributed by atoms with Crippen molar-refractivity contribution in [1.29, 1.82) is 0 Å². The summed E-state index contributed by atoms with van der Waals surface area (Å²) in [5.41, 5.74) is 13.4. The number of carbonyl (C=O) groups is 2. The van der Waals surface area contributed by atoms with E-state index in [1.165, 1.54) is 6.33 Å². The molecule has 0 saturated carbocycles. The minimum absolute atomic E-state index is 0.0649. The molecule has 0 atom stereocenters. The third-order valence-electron chi connectivity index (χ3n) is 5.88. The maximum atomic E-state index is 12.0. The van der Waals surface area contributed by atoms with Crippen molar-refractivity contribution < 1.29 is 9.59 Å². The number of aryl methyl sites for hydroxylation is 1. The van der Waals surface area contributed by atoms with E-state index in [1.54, 1.807) is 6.92 Å². The lowest BCUT2D eigenvalue weighted by Gasteiger charge is -2.11. The third-order valence-corrected chi connectivity index (χ3v) is 5.88. The van der Waals surface area contributed by atoms with E-state index in [0.717, 1.165) is 33.3 Å². The van der Waals surface area contributed by atoms with Gasteiger partial charge in [0.2, 0.25) is 0 Å². The molecule has 0 unspecified atom stereocenters. The number of carbonyl (C=O) groups excluding carboxylic acids is 2. The molecule has 0 saturated heterocycles. The molecule has 0 fully saturated rings. The summed E-state index contributed by atoms with van der Waals surface area (Å²) in [4.78, 5) is 32.7. The average molecular weight is 438 g/mol. The SMILES string of the molecule is C=C(C)C(=O)Nc1ccc(-c2c(-c3ccc4c(c3)CNC4=O)c3c(N)ncnc3n2C)cc1. The minimum atomic E-state index is -0.225. The fourth-order valence-corrected chi connectivity index (χ4v) is 4.23. The van der Waals surface area contributed by atoms with Crippen LogP contribution < -0.4 is 16.4 Å². The van der Waals surface area contributed by atoms with Crippen LogP contribution in [-0.2, 0) is 18.4 Å². The maximum absolute atomic E-state index is 12.0. The second kappa shape index (κ2) is 7.59. The summed E-state index contributed by atoms with van der Waals surface area (Å²) >= 11 is 0. The van der Waals surface area contributed by atoms with E-state index < -0.39 is 0 Å². The van der Waals surface area contributed by atoms with Crippen LogP contribution in [0.3, 0.4) is 0 Å². The molecule has 1 aliphatic rings. The number of aromatic nitrogens is 3. The number of hydrogen-bond acceptors (Lipinski definition) is 5. The first-order chi connectivity index (χ1) is 15.8. The van der Waals surface area contributed by atoms with E-state index >= 15 is 0 Å². The van der Waals surface area contributed by atoms with Crippen LogP contribution >= 0.6 is 0 Å². The summed E-state index contributed by atoms with van der Waals surface area (Å²) in [7, 11) is 1.93. The Hall–Kier alpha value is -4.46. The van der Waals surface area contributed by atoms with Crippen molar-refractivity contribution in [3.05, 3.63) is 72.1 Å². The molecule has 0 spiro atoms. The molecular weight excluding hydrogens is 416 g/mol. The van der Waals surface area contributed by atoms with Crippen molar-refractivity contribution in [2.24, 2.45) is 7.05 Å². The normalized spacial score (nSPS) is 12.5. The Bertz CT molecular complexity index is 1470. The number of nitrogens with one attached hydrogen (secondary N) is 2. The molecule has 2 amide bonds. The van der Waals surface area contributed by atoms with Crippen molar-refractivity contribution in [3.8, 4) is 22.4 Å². The van der Waals surface area contributed by atoms with E-state index in [4.69, 9.17) is 5.73 Å². The van der Waals surface area contributed by atoms with Crippen molar-refractivity contribution in [3.63, 3.8) is 0 Å². The molecule has 8 nitrogen and oxygen atoms in total. The predicted molar refractivity (Wildman–Crippen MR) is 128 cm³/mol. The molecule has 8 heteroatoms. The summed E-state index contributed by atoms with van der Waals surface area (Å²) in [6, 6.07) is 13.3. The van der Waals surface area contributed by atoms with Crippen LogP contribution in [0.4, 0.5) is 11.5 Å². The first-order valence-corrected chi connectivity index (χ1v) is 10.4. The number of nitrogen functional groups attached to an aromatic ring is 1. The van der Waals surface area contributed by atoms with Crippen LogP contribution in [0.5, 0.6) is 0 Å². The second-order valence-corrected chi connectivity index (χ2v) is 8.11. The van der Waals surface area contributed by atoms with Gasteiger partial charge in [-0.05, 0) is 47.9 Å². The van der Waals surface area contributed by atoms with Gasteiger partial charge in [0.1, 0.15) is 17.8 Å². The van der Waals surface area contributed by atoms with Crippen LogP contribution in [-0.4, -0.2) is 26.3 Å². The largest absolute Gasteiger partial charge is 0.383 e. The molecule has 0 radical (unpaired) electrons. The highest BCUT2D eigenvalue weighted by atomic mass is 16.2. The highest BCUT2D eigenvalue weighted by Gasteiger charge is 2.24. The zero-order chi connectivity index (χ0) is 23.3. The number of amides is 2. The molecule has 0 bridgehead atoms. The standard InChI is InChI=1S/C25H22N6O2/c1-13(2)24(32)30-17-7-4-14(5-8-17)21-19(20-22(26)28-12-29-23(20)31(21)3)15-6-9-18-16(10-15)11-27-25(18)33/h4-10,12H,1,11H2,2-3H3,(H,27,33)(H,30,32)(H2,26,28,29). The Kier molecular flexibility index (Phi) is 4.70. The molecule has 33 heavy (non-hydrogen) atoms. The summed E-state index contributed by atoms with van der Waals surface area (Å²) < 4.78 is 1.99. The molecule has 4 N–H and O–H groups in total. The van der Waals surface area contributed by atoms with Crippen LogP contribution in [0.2, 0.25) is 0 Å². The predicted octanol–water partition coefficient (Wildman–Crippen LogP) is 3.64. The van der Waals surface area contributed by atoms with Gasteiger partial charge in [0.25, 0.3) is 11.8 Å². The number of rotatable bonds is 4. The molecule has 1 aliphatic heterocycles. The van der Waals surface area contributed by atoms with E-state index in [9.17, 15) is 9.59 Å². The van der Waals surface area contributed by atoms with E-state index in [1.807, 2.05) is 54.1 Å². The Morgan fingerprint density at radius 1 is 1.15 bits per heavy atom. The van der Waals surface area contributed by atoms with Crippen LogP contribution in [0.25, 0.3) is 33.4 Å². The lowest BCUT2D eigenvalue weighted by Crippen LogP contribution is -2.12. The second-order valence-electron chi connectivity index (χ2n) is 8.11. The van der Waals surface area contributed by atoms with Gasteiger partial charge in [0.15, 0.2) is 0 Å². The van der Waals surface area contributed by atoms with Crippen LogP contribution in [0.15, 0.2) is 60.9 Å². The fourth-order valence-electron chi connectivity index (χ4n) is 4.23. The number of fused-ring (bicyclic) bond motifs is 2. The van der Waals surface area contributed by atoms with Crippen LogP contribution in [0.1, 0.15) is 22.8 Å². The van der Waals surface area contributed by atoms with Crippen molar-refractivity contribution in [2.45, 2.75) is 13.5 Å². The smallest absolute Gasteiger partial charge is 0.251 e. The minimum Gasteiger partial charge on any atom is -0.383 e. The number of benzene rings is 2. The van der Waals surface area contributed by atoms with Gasteiger partial charge in [0, 0.05) is 36.0 Å². The number of hydrogen-bond donors (Lipinski definition) is 3. The van der Waals surface area contributed by atoms with Gasteiger partial charge < -0.3 is 20.9 Å². The van der Waals surface area contributed by atoms with Gasteiger partial charge in [-0.1, -0.05) is 24.8 Å². The number of nitrogens with zero attached hydrogens (tertiary/aromatic N) is 3. The lowest BCUT2D eigenvalue weighted by atomic mass is 9.96. The summed E-state index contributed by atoms with van der Waals surface area (Å²) in [6.07, 6.45) is 1.45. The molecule has 164 valence electrons. The molecule has 2 aromatic carbocycles. The zero-order valence-corrected chi connectivity index (χ0v) is 18.3. The Morgan fingerprint density at radius 3 is 2.61 bits per heavy atom. The van der Waals surface area contributed by atoms with E-state index in [0.29, 0.717) is 34.8 Å². The Morgan fingerprint density at radius 2 is 1.88 bits per heavy atom. The van der Waals surface area contributed by atoms with Crippen molar-refractivity contribution >= 4 is 34.4 Å². The van der Waals surface area contributed by atoms with Gasteiger partial charge in [-0.25, -0.2) is 9.97 Å². The van der Waals surface area contributed by atoms with E-state index in [-0.39, 0.29) is 11.8 Å². The Labute approximate surface area is 190 Å². The summed E-state index contributed by atoms with van der Waals surface area (Å²) in [5.74, 6) is 0.0965. The van der Waals surface area contributed by atoms with Crippen molar-refractivity contribution in [1.82, 2.24) is 19.9 Å². The third kappa shape index (κ3) is 3.32. The highest BCUT2D eigenvalue weighted by Crippen LogP contribution is 2.42. The Balaban J connectivity index is 1.70. The highest BCUT2D eigenvalue weighted by molar-refractivity contribution is 6.09. The molecule has 4 aromatic rings. The summed E-state index contributed by atoms with van der Waals surface area (Å²) in [6.45, 7) is 5.82. The molecule has 2 aromatic heterocycles. The molecule has 0 aliphatic carbocycles. The molecule has 3 heterocycles. The van der Waals surface area contributed by atoms with Gasteiger partial charge in [-0.15, -0.1) is 0 Å². The van der Waals surface area contributed by atoms with Gasteiger partial charge in [-0.2, -0.15) is 0 Å². The number of nitrogens with two attached hydrogens (primary N) is 1. The maximum Gasteiger partial charge on any atom is 0.251 e.